The van der Waals surface area contributed by atoms with Crippen molar-refractivity contribution in [3.8, 4) is 0 Å². The minimum Gasteiger partial charge on any atom is -0.399 e. The number of rotatable bonds is 2. The summed E-state index contributed by atoms with van der Waals surface area (Å²) in [6.07, 6.45) is -4.69. The molecule has 2 aromatic rings. The van der Waals surface area contributed by atoms with Crippen LogP contribution in [0.2, 0.25) is 0 Å². The molecule has 0 bridgehead atoms. The Bertz CT molecular complexity index is 587. The monoisotopic (exact) mass is 313 g/mol. The van der Waals surface area contributed by atoms with Crippen molar-refractivity contribution in [2.75, 3.05) is 5.73 Å². The van der Waals surface area contributed by atoms with Crippen LogP contribution in [0.15, 0.2) is 21.4 Å². The van der Waals surface area contributed by atoms with E-state index in [9.17, 15) is 22.0 Å². The number of benzene rings is 1. The molecule has 3 nitrogen and oxygen atoms in total. The lowest BCUT2D eigenvalue weighted by Crippen LogP contribution is -2.06. The van der Waals surface area contributed by atoms with Crippen LogP contribution in [0.5, 0.6) is 0 Å². The lowest BCUT2D eigenvalue weighted by atomic mass is 10.3. The molecule has 10 heteroatoms. The summed E-state index contributed by atoms with van der Waals surface area (Å²) in [5.74, 6) is -3.27. The maximum Gasteiger partial charge on any atom is 0.452 e. The lowest BCUT2D eigenvalue weighted by Gasteiger charge is -2.03. The summed E-state index contributed by atoms with van der Waals surface area (Å²) in [6.45, 7) is 0. The van der Waals surface area contributed by atoms with Crippen molar-refractivity contribution < 1.29 is 22.0 Å². The first-order chi connectivity index (χ1) is 8.77. The third-order valence-electron chi connectivity index (χ3n) is 1.87. The van der Waals surface area contributed by atoms with Gasteiger partial charge in [0.15, 0.2) is 4.34 Å². The van der Waals surface area contributed by atoms with E-state index < -0.39 is 28.5 Å². The zero-order valence-electron chi connectivity index (χ0n) is 8.83. The van der Waals surface area contributed by atoms with E-state index in [2.05, 4.69) is 9.36 Å². The lowest BCUT2D eigenvalue weighted by molar-refractivity contribution is -0.144. The number of hydrogen-bond donors (Lipinski definition) is 1. The van der Waals surface area contributed by atoms with Crippen LogP contribution in [-0.2, 0) is 6.18 Å². The second kappa shape index (κ2) is 4.93. The van der Waals surface area contributed by atoms with Crippen molar-refractivity contribution in [3.05, 3.63) is 29.6 Å². The van der Waals surface area contributed by atoms with E-state index in [-0.39, 0.29) is 10.0 Å². The molecule has 0 atom stereocenters. The molecule has 0 saturated carbocycles. The third kappa shape index (κ3) is 3.13. The molecular weight excluding hydrogens is 309 g/mol. The van der Waals surface area contributed by atoms with E-state index >= 15 is 0 Å². The summed E-state index contributed by atoms with van der Waals surface area (Å²) in [5.41, 5.74) is 5.10. The highest BCUT2D eigenvalue weighted by Gasteiger charge is 2.36. The molecule has 0 fully saturated rings. The fourth-order valence-corrected chi connectivity index (χ4v) is 2.70. The van der Waals surface area contributed by atoms with Gasteiger partial charge in [-0.25, -0.2) is 13.8 Å². The molecule has 0 amide bonds. The first-order valence-corrected chi connectivity index (χ1v) is 6.19. The summed E-state index contributed by atoms with van der Waals surface area (Å²) in [5, 5.41) is 0. The highest BCUT2D eigenvalue weighted by Crippen LogP contribution is 2.36. The van der Waals surface area contributed by atoms with E-state index in [1.54, 1.807) is 0 Å². The first kappa shape index (κ1) is 14.0. The van der Waals surface area contributed by atoms with Crippen LogP contribution >= 0.6 is 23.3 Å². The van der Waals surface area contributed by atoms with Gasteiger partial charge >= 0.3 is 6.18 Å². The van der Waals surface area contributed by atoms with Gasteiger partial charge in [-0.15, -0.1) is 0 Å². The molecular formula is C9H4F5N3S2. The van der Waals surface area contributed by atoms with Gasteiger partial charge in [-0.1, -0.05) is 11.8 Å². The van der Waals surface area contributed by atoms with Crippen molar-refractivity contribution in [1.29, 1.82) is 0 Å². The third-order valence-corrected chi connectivity index (χ3v) is 3.72. The summed E-state index contributed by atoms with van der Waals surface area (Å²) in [6, 6.07) is 1.74. The molecule has 1 aromatic carbocycles. The average molecular weight is 313 g/mol. The first-order valence-electron chi connectivity index (χ1n) is 4.60. The Balaban J connectivity index is 2.30. The number of aromatic nitrogens is 2. The number of alkyl halides is 3. The summed E-state index contributed by atoms with van der Waals surface area (Å²) in [4.78, 5) is 2.69. The van der Waals surface area contributed by atoms with Crippen LogP contribution in [-0.4, -0.2) is 9.36 Å². The number of nitrogens with zero attached hydrogens (tertiary/aromatic N) is 2. The van der Waals surface area contributed by atoms with E-state index in [0.717, 1.165) is 12.1 Å². The standard InChI is InChI=1S/C9H4F5N3S2/c10-4-1-3(15)2-5(11)6(4)18-8-16-7(17-19-8)9(12,13)14/h1-2H,15H2. The second-order valence-corrected chi connectivity index (χ2v) is 5.31. The van der Waals surface area contributed by atoms with Gasteiger partial charge in [-0.3, -0.25) is 0 Å². The van der Waals surface area contributed by atoms with E-state index in [1.165, 1.54) is 0 Å². The predicted octanol–water partition coefficient (Wildman–Crippen LogP) is 3.57. The highest BCUT2D eigenvalue weighted by molar-refractivity contribution is 8.01. The van der Waals surface area contributed by atoms with E-state index in [4.69, 9.17) is 5.73 Å². The Labute approximate surface area is 111 Å². The maximum absolute atomic E-state index is 13.4. The predicted molar refractivity (Wildman–Crippen MR) is 59.8 cm³/mol. The highest BCUT2D eigenvalue weighted by atomic mass is 32.2. The topological polar surface area (TPSA) is 51.8 Å². The second-order valence-electron chi connectivity index (χ2n) is 3.30. The summed E-state index contributed by atoms with van der Waals surface area (Å²) < 4.78 is 66.5. The Kier molecular flexibility index (Phi) is 3.63. The molecule has 0 radical (unpaired) electrons. The molecule has 1 heterocycles. The van der Waals surface area contributed by atoms with Gasteiger partial charge in [0, 0.05) is 5.69 Å². The summed E-state index contributed by atoms with van der Waals surface area (Å²) in [7, 11) is 0. The van der Waals surface area contributed by atoms with Crippen molar-refractivity contribution in [3.63, 3.8) is 0 Å². The van der Waals surface area contributed by atoms with Gasteiger partial charge < -0.3 is 5.73 Å². The van der Waals surface area contributed by atoms with Crippen molar-refractivity contribution in [2.45, 2.75) is 15.4 Å². The molecule has 102 valence electrons. The quantitative estimate of drug-likeness (QED) is 0.680. The molecule has 2 N–H and O–H groups in total. The number of hydrogen-bond acceptors (Lipinski definition) is 5. The molecule has 0 aliphatic rings. The maximum atomic E-state index is 13.4. The minimum atomic E-state index is -4.69. The van der Waals surface area contributed by atoms with Crippen molar-refractivity contribution in [2.24, 2.45) is 0 Å². The van der Waals surface area contributed by atoms with Crippen LogP contribution in [0.25, 0.3) is 0 Å². The molecule has 0 spiro atoms. The van der Waals surface area contributed by atoms with Gasteiger partial charge in [-0.2, -0.15) is 17.5 Å². The van der Waals surface area contributed by atoms with Crippen LogP contribution in [0.4, 0.5) is 27.6 Å². The normalized spacial score (nSPS) is 11.8. The van der Waals surface area contributed by atoms with Crippen LogP contribution in [0.1, 0.15) is 5.82 Å². The Hall–Kier alpha value is -1.42. The Morgan fingerprint density at radius 3 is 2.21 bits per heavy atom. The Morgan fingerprint density at radius 2 is 1.74 bits per heavy atom. The number of halogens is 5. The SMILES string of the molecule is Nc1cc(F)c(Sc2nc(C(F)(F)F)ns2)c(F)c1. The molecule has 0 saturated heterocycles. The van der Waals surface area contributed by atoms with Gasteiger partial charge in [0.25, 0.3) is 0 Å². The fourth-order valence-electron chi connectivity index (χ4n) is 1.13. The molecule has 0 aliphatic carbocycles. The molecule has 1 aromatic heterocycles. The van der Waals surface area contributed by atoms with Crippen molar-refractivity contribution in [1.82, 2.24) is 9.36 Å². The largest absolute Gasteiger partial charge is 0.452 e. The number of anilines is 1. The smallest absolute Gasteiger partial charge is 0.399 e. The number of nitrogen functional groups attached to an aromatic ring is 1. The van der Waals surface area contributed by atoms with Crippen LogP contribution in [0.3, 0.4) is 0 Å². The van der Waals surface area contributed by atoms with E-state index in [1.807, 2.05) is 0 Å². The zero-order chi connectivity index (χ0) is 14.2. The molecule has 19 heavy (non-hydrogen) atoms. The molecule has 0 unspecified atom stereocenters. The van der Waals surface area contributed by atoms with Gasteiger partial charge in [0.05, 0.1) is 4.90 Å². The summed E-state index contributed by atoms with van der Waals surface area (Å²) >= 11 is 0.836. The fraction of sp³-hybridized carbons (Fsp3) is 0.111. The van der Waals surface area contributed by atoms with Crippen molar-refractivity contribution >= 4 is 29.0 Å². The van der Waals surface area contributed by atoms with Crippen LogP contribution < -0.4 is 5.73 Å². The molecule has 0 aliphatic heterocycles. The van der Waals surface area contributed by atoms with Crippen LogP contribution in [0, 0.1) is 11.6 Å². The minimum absolute atomic E-state index is 0.118. The van der Waals surface area contributed by atoms with E-state index in [0.29, 0.717) is 23.3 Å². The molecule has 2 rings (SSSR count). The average Bonchev–Trinajstić information content (AvgIpc) is 2.71. The van der Waals surface area contributed by atoms with Gasteiger partial charge in [0.2, 0.25) is 5.82 Å². The zero-order valence-corrected chi connectivity index (χ0v) is 10.5. The van der Waals surface area contributed by atoms with Gasteiger partial charge in [-0.05, 0) is 23.7 Å². The van der Waals surface area contributed by atoms with Gasteiger partial charge in [0.1, 0.15) is 11.6 Å². The Morgan fingerprint density at radius 1 is 1.16 bits per heavy atom. The number of nitrogens with two attached hydrogens (primary N) is 1.